The van der Waals surface area contributed by atoms with Gasteiger partial charge in [-0.3, -0.25) is 4.79 Å². The predicted molar refractivity (Wildman–Crippen MR) is 82.2 cm³/mol. The van der Waals surface area contributed by atoms with Gasteiger partial charge in [-0.2, -0.15) is 0 Å². The second-order valence-electron chi connectivity index (χ2n) is 5.38. The first-order valence-corrected chi connectivity index (χ1v) is 7.71. The van der Waals surface area contributed by atoms with E-state index in [2.05, 4.69) is 21.2 Å². The SMILES string of the molecule is Cc1c(N)cc(Br)cc1C(=O)NCC1CCCCC1. The molecule has 2 rings (SSSR count). The molecular formula is C15H21BrN2O. The standard InChI is InChI=1S/C15H21BrN2O/c1-10-13(7-12(16)8-14(10)17)15(19)18-9-11-5-3-2-4-6-11/h7-8,11H,2-6,9,17H2,1H3,(H,18,19). The number of anilines is 1. The fourth-order valence-electron chi connectivity index (χ4n) is 2.66. The Hall–Kier alpha value is -1.03. The van der Waals surface area contributed by atoms with E-state index in [0.717, 1.165) is 16.6 Å². The molecule has 104 valence electrons. The van der Waals surface area contributed by atoms with Crippen LogP contribution < -0.4 is 11.1 Å². The van der Waals surface area contributed by atoms with E-state index in [9.17, 15) is 4.79 Å². The van der Waals surface area contributed by atoms with E-state index in [1.165, 1.54) is 32.1 Å². The van der Waals surface area contributed by atoms with Crippen LogP contribution in [-0.2, 0) is 0 Å². The van der Waals surface area contributed by atoms with Gasteiger partial charge in [0, 0.05) is 22.3 Å². The molecule has 1 fully saturated rings. The molecule has 4 heteroatoms. The third-order valence-electron chi connectivity index (χ3n) is 3.93. The lowest BCUT2D eigenvalue weighted by molar-refractivity contribution is 0.0943. The number of nitrogens with two attached hydrogens (primary N) is 1. The summed E-state index contributed by atoms with van der Waals surface area (Å²) in [6.07, 6.45) is 6.40. The highest BCUT2D eigenvalue weighted by Crippen LogP contribution is 2.24. The molecule has 0 atom stereocenters. The number of amides is 1. The number of carbonyl (C=O) groups excluding carboxylic acids is 1. The van der Waals surface area contributed by atoms with E-state index >= 15 is 0 Å². The van der Waals surface area contributed by atoms with Crippen LogP contribution in [0.5, 0.6) is 0 Å². The van der Waals surface area contributed by atoms with E-state index in [1.54, 1.807) is 0 Å². The van der Waals surface area contributed by atoms with Crippen molar-refractivity contribution in [1.82, 2.24) is 5.32 Å². The van der Waals surface area contributed by atoms with Crippen molar-refractivity contribution in [3.05, 3.63) is 27.7 Å². The third-order valence-corrected chi connectivity index (χ3v) is 4.39. The minimum Gasteiger partial charge on any atom is -0.398 e. The van der Waals surface area contributed by atoms with Gasteiger partial charge in [0.15, 0.2) is 0 Å². The highest BCUT2D eigenvalue weighted by Gasteiger charge is 2.16. The summed E-state index contributed by atoms with van der Waals surface area (Å²) in [7, 11) is 0. The van der Waals surface area contributed by atoms with Gasteiger partial charge in [0.25, 0.3) is 5.91 Å². The van der Waals surface area contributed by atoms with Crippen molar-refractivity contribution in [3.8, 4) is 0 Å². The highest BCUT2D eigenvalue weighted by atomic mass is 79.9. The van der Waals surface area contributed by atoms with Crippen LogP contribution in [0.25, 0.3) is 0 Å². The van der Waals surface area contributed by atoms with Crippen molar-refractivity contribution >= 4 is 27.5 Å². The Balaban J connectivity index is 1.99. The summed E-state index contributed by atoms with van der Waals surface area (Å²) in [5, 5.41) is 3.05. The van der Waals surface area contributed by atoms with Gasteiger partial charge in [-0.25, -0.2) is 0 Å². The summed E-state index contributed by atoms with van der Waals surface area (Å²) in [6.45, 7) is 2.67. The van der Waals surface area contributed by atoms with Gasteiger partial charge in [0.1, 0.15) is 0 Å². The van der Waals surface area contributed by atoms with Crippen LogP contribution in [0.3, 0.4) is 0 Å². The lowest BCUT2D eigenvalue weighted by Crippen LogP contribution is -2.30. The molecule has 0 saturated heterocycles. The average molecular weight is 325 g/mol. The molecule has 0 aromatic heterocycles. The topological polar surface area (TPSA) is 55.1 Å². The first kappa shape index (κ1) is 14.4. The van der Waals surface area contributed by atoms with E-state index in [4.69, 9.17) is 5.73 Å². The summed E-state index contributed by atoms with van der Waals surface area (Å²) < 4.78 is 0.846. The maximum atomic E-state index is 12.2. The second kappa shape index (κ2) is 6.42. The fourth-order valence-corrected chi connectivity index (χ4v) is 3.14. The van der Waals surface area contributed by atoms with Crippen molar-refractivity contribution in [2.45, 2.75) is 39.0 Å². The van der Waals surface area contributed by atoms with Crippen LogP contribution in [0.2, 0.25) is 0 Å². The van der Waals surface area contributed by atoms with E-state index in [0.29, 0.717) is 17.2 Å². The first-order chi connectivity index (χ1) is 9.08. The molecule has 1 aliphatic rings. The Morgan fingerprint density at radius 3 is 2.74 bits per heavy atom. The molecule has 0 heterocycles. The van der Waals surface area contributed by atoms with Gasteiger partial charge >= 0.3 is 0 Å². The minimum absolute atomic E-state index is 0.0175. The number of hydrogen-bond donors (Lipinski definition) is 2. The molecule has 0 aliphatic heterocycles. The van der Waals surface area contributed by atoms with Crippen molar-refractivity contribution < 1.29 is 4.79 Å². The maximum absolute atomic E-state index is 12.2. The number of benzene rings is 1. The fraction of sp³-hybridized carbons (Fsp3) is 0.533. The Kier molecular flexibility index (Phi) is 4.86. The molecule has 0 unspecified atom stereocenters. The number of nitrogen functional groups attached to an aromatic ring is 1. The van der Waals surface area contributed by atoms with Crippen LogP contribution >= 0.6 is 15.9 Å². The largest absolute Gasteiger partial charge is 0.398 e. The van der Waals surface area contributed by atoms with E-state index in [1.807, 2.05) is 19.1 Å². The summed E-state index contributed by atoms with van der Waals surface area (Å²) in [4.78, 5) is 12.2. The van der Waals surface area contributed by atoms with Gasteiger partial charge in [-0.15, -0.1) is 0 Å². The van der Waals surface area contributed by atoms with E-state index < -0.39 is 0 Å². The van der Waals surface area contributed by atoms with Crippen LogP contribution in [0.4, 0.5) is 5.69 Å². The third kappa shape index (κ3) is 3.72. The van der Waals surface area contributed by atoms with Gasteiger partial charge in [-0.1, -0.05) is 35.2 Å². The highest BCUT2D eigenvalue weighted by molar-refractivity contribution is 9.10. The molecule has 1 aromatic carbocycles. The molecule has 0 radical (unpaired) electrons. The summed E-state index contributed by atoms with van der Waals surface area (Å²) in [5.41, 5.74) is 8.06. The van der Waals surface area contributed by atoms with Crippen LogP contribution in [0, 0.1) is 12.8 Å². The van der Waals surface area contributed by atoms with E-state index in [-0.39, 0.29) is 5.91 Å². The Labute approximate surface area is 123 Å². The molecule has 1 aromatic rings. The molecule has 1 saturated carbocycles. The average Bonchev–Trinajstić information content (AvgIpc) is 2.41. The molecule has 3 nitrogen and oxygen atoms in total. The second-order valence-corrected chi connectivity index (χ2v) is 6.30. The van der Waals surface area contributed by atoms with Crippen LogP contribution in [-0.4, -0.2) is 12.5 Å². The number of nitrogens with one attached hydrogen (secondary N) is 1. The number of rotatable bonds is 3. The lowest BCUT2D eigenvalue weighted by atomic mass is 9.89. The Bertz CT molecular complexity index is 467. The molecule has 0 spiro atoms. The zero-order valence-corrected chi connectivity index (χ0v) is 12.9. The minimum atomic E-state index is -0.0175. The van der Waals surface area contributed by atoms with Gasteiger partial charge in [0.05, 0.1) is 0 Å². The Morgan fingerprint density at radius 1 is 1.37 bits per heavy atom. The normalized spacial score (nSPS) is 16.3. The molecule has 1 aliphatic carbocycles. The maximum Gasteiger partial charge on any atom is 0.251 e. The zero-order chi connectivity index (χ0) is 13.8. The van der Waals surface area contributed by atoms with Crippen LogP contribution in [0.1, 0.15) is 48.0 Å². The molecule has 19 heavy (non-hydrogen) atoms. The van der Waals surface area contributed by atoms with Crippen molar-refractivity contribution in [3.63, 3.8) is 0 Å². The van der Waals surface area contributed by atoms with Crippen LogP contribution in [0.15, 0.2) is 16.6 Å². The van der Waals surface area contributed by atoms with Gasteiger partial charge in [0.2, 0.25) is 0 Å². The monoisotopic (exact) mass is 324 g/mol. The summed E-state index contributed by atoms with van der Waals surface area (Å²) in [5.74, 6) is 0.624. The predicted octanol–water partition coefficient (Wildman–Crippen LogP) is 3.65. The Morgan fingerprint density at radius 2 is 2.05 bits per heavy atom. The molecule has 1 amide bonds. The quantitative estimate of drug-likeness (QED) is 0.834. The van der Waals surface area contributed by atoms with Gasteiger partial charge in [-0.05, 0) is 43.4 Å². The summed E-state index contributed by atoms with van der Waals surface area (Å²) >= 11 is 3.38. The first-order valence-electron chi connectivity index (χ1n) is 6.91. The number of hydrogen-bond acceptors (Lipinski definition) is 2. The molecular weight excluding hydrogens is 304 g/mol. The van der Waals surface area contributed by atoms with Crippen molar-refractivity contribution in [1.29, 1.82) is 0 Å². The smallest absolute Gasteiger partial charge is 0.251 e. The number of carbonyl (C=O) groups is 1. The number of halogens is 1. The van der Waals surface area contributed by atoms with Gasteiger partial charge < -0.3 is 11.1 Å². The van der Waals surface area contributed by atoms with Crippen molar-refractivity contribution in [2.75, 3.05) is 12.3 Å². The zero-order valence-electron chi connectivity index (χ0n) is 11.3. The van der Waals surface area contributed by atoms with Crippen molar-refractivity contribution in [2.24, 2.45) is 5.92 Å². The lowest BCUT2D eigenvalue weighted by Gasteiger charge is -2.22. The molecule has 0 bridgehead atoms. The summed E-state index contributed by atoms with van der Waals surface area (Å²) in [6, 6.07) is 3.66. The molecule has 3 N–H and O–H groups in total.